The maximum atomic E-state index is 11.2. The molecular weight excluding hydrogens is 292 g/mol. The monoisotopic (exact) mass is 306 g/mol. The Hall–Kier alpha value is -0.950. The Labute approximate surface area is 120 Å². The average molecular weight is 307 g/mol. The summed E-state index contributed by atoms with van der Waals surface area (Å²) in [5.74, 6) is 0.337. The Morgan fingerprint density at radius 2 is 2.16 bits per heavy atom. The lowest BCUT2D eigenvalue weighted by Crippen LogP contribution is -2.36. The second-order valence-corrected chi connectivity index (χ2v) is 6.16. The fourth-order valence-corrected chi connectivity index (χ4v) is 4.03. The lowest BCUT2D eigenvalue weighted by molar-refractivity contribution is -0.136. The fraction of sp³-hybridized carbons (Fsp3) is 0.727. The lowest BCUT2D eigenvalue weighted by atomic mass is 10.0. The van der Waals surface area contributed by atoms with Gasteiger partial charge in [-0.05, 0) is 12.8 Å². The van der Waals surface area contributed by atoms with E-state index in [0.717, 1.165) is 18.6 Å². The summed E-state index contributed by atoms with van der Waals surface area (Å²) in [6.45, 7) is 0. The summed E-state index contributed by atoms with van der Waals surface area (Å²) in [4.78, 5) is 32.6. The van der Waals surface area contributed by atoms with Crippen LogP contribution in [-0.4, -0.2) is 40.5 Å². The van der Waals surface area contributed by atoms with Crippen molar-refractivity contribution in [1.82, 2.24) is 10.6 Å². The van der Waals surface area contributed by atoms with Crippen LogP contribution in [0.1, 0.15) is 25.7 Å². The summed E-state index contributed by atoms with van der Waals surface area (Å²) in [5.41, 5.74) is -1.08. The second kappa shape index (κ2) is 6.47. The molecule has 2 N–H and O–H groups in total. The zero-order valence-electron chi connectivity index (χ0n) is 10.2. The number of thioether (sulfide) groups is 1. The van der Waals surface area contributed by atoms with Crippen molar-refractivity contribution in [2.45, 2.75) is 43.0 Å². The third kappa shape index (κ3) is 4.01. The van der Waals surface area contributed by atoms with E-state index in [9.17, 15) is 14.4 Å². The molecule has 2 aliphatic heterocycles. The van der Waals surface area contributed by atoms with Gasteiger partial charge in [-0.1, -0.05) is 6.42 Å². The van der Waals surface area contributed by atoms with Crippen LogP contribution < -0.4 is 10.6 Å². The number of urea groups is 1. The second-order valence-electron chi connectivity index (χ2n) is 4.58. The molecule has 0 saturated carbocycles. The van der Waals surface area contributed by atoms with Gasteiger partial charge in [0.15, 0.2) is 0 Å². The maximum Gasteiger partial charge on any atom is 0.411 e. The van der Waals surface area contributed by atoms with Gasteiger partial charge in [0.2, 0.25) is 0 Å². The molecule has 2 saturated heterocycles. The first-order valence-corrected chi connectivity index (χ1v) is 7.57. The highest BCUT2D eigenvalue weighted by molar-refractivity contribution is 8.00. The number of hydrogen-bond donors (Lipinski definition) is 2. The van der Waals surface area contributed by atoms with Gasteiger partial charge >= 0.3 is 17.4 Å². The molecule has 8 heteroatoms. The van der Waals surface area contributed by atoms with E-state index in [0.29, 0.717) is 11.7 Å². The molecule has 0 spiro atoms. The van der Waals surface area contributed by atoms with Crippen molar-refractivity contribution in [3.8, 4) is 0 Å². The standard InChI is InChI=1S/C11H15ClN2O4S/c12-10(16)18-8(15)4-2-1-3-7-9-6(5-19-7)13-11(17)14-9/h6-7,9H,1-5H2,(H2,13,14,17)/t6-,7-,9-/m1/s1. The Morgan fingerprint density at radius 3 is 2.89 bits per heavy atom. The number of halogens is 1. The molecule has 2 heterocycles. The molecule has 2 fully saturated rings. The van der Waals surface area contributed by atoms with Crippen molar-refractivity contribution in [3.63, 3.8) is 0 Å². The highest BCUT2D eigenvalue weighted by Crippen LogP contribution is 2.33. The third-order valence-corrected chi connectivity index (χ3v) is 4.84. The van der Waals surface area contributed by atoms with E-state index in [2.05, 4.69) is 15.4 Å². The first-order valence-electron chi connectivity index (χ1n) is 6.15. The number of nitrogens with one attached hydrogen (secondary N) is 2. The highest BCUT2D eigenvalue weighted by atomic mass is 35.5. The average Bonchev–Trinajstić information content (AvgIpc) is 2.83. The Morgan fingerprint density at radius 1 is 1.37 bits per heavy atom. The highest BCUT2D eigenvalue weighted by Gasteiger charge is 2.42. The van der Waals surface area contributed by atoms with Gasteiger partial charge in [-0.3, -0.25) is 4.79 Å². The van der Waals surface area contributed by atoms with Crippen molar-refractivity contribution in [2.24, 2.45) is 0 Å². The van der Waals surface area contributed by atoms with E-state index in [4.69, 9.17) is 11.6 Å². The molecule has 0 aromatic carbocycles. The molecule has 0 aromatic rings. The minimum atomic E-state index is -1.08. The predicted molar refractivity (Wildman–Crippen MR) is 71.3 cm³/mol. The van der Waals surface area contributed by atoms with Crippen LogP contribution in [0.4, 0.5) is 9.59 Å². The summed E-state index contributed by atoms with van der Waals surface area (Å²) in [6.07, 6.45) is 2.62. The van der Waals surface area contributed by atoms with Gasteiger partial charge in [0.1, 0.15) is 0 Å². The van der Waals surface area contributed by atoms with Crippen molar-refractivity contribution in [2.75, 3.05) is 5.75 Å². The number of ether oxygens (including phenoxy) is 1. The normalized spacial score (nSPS) is 28.5. The minimum Gasteiger partial charge on any atom is -0.381 e. The molecule has 3 atom stereocenters. The maximum absolute atomic E-state index is 11.2. The number of esters is 1. The largest absolute Gasteiger partial charge is 0.411 e. The minimum absolute atomic E-state index is 0.0931. The van der Waals surface area contributed by atoms with Crippen LogP contribution in [0.25, 0.3) is 0 Å². The fourth-order valence-electron chi connectivity index (χ4n) is 2.40. The molecule has 0 radical (unpaired) electrons. The van der Waals surface area contributed by atoms with E-state index in [1.54, 1.807) is 0 Å². The number of carbonyl (C=O) groups excluding carboxylic acids is 3. The number of rotatable bonds is 5. The molecule has 0 unspecified atom stereocenters. The van der Waals surface area contributed by atoms with Gasteiger partial charge in [0, 0.05) is 29.0 Å². The zero-order chi connectivity index (χ0) is 13.8. The van der Waals surface area contributed by atoms with E-state index < -0.39 is 11.4 Å². The van der Waals surface area contributed by atoms with E-state index in [-0.39, 0.29) is 24.5 Å². The zero-order valence-corrected chi connectivity index (χ0v) is 11.8. The molecule has 2 rings (SSSR count). The van der Waals surface area contributed by atoms with Crippen LogP contribution in [0.2, 0.25) is 0 Å². The summed E-state index contributed by atoms with van der Waals surface area (Å²) in [6, 6.07) is 0.319. The SMILES string of the molecule is O=C1N[C@@H]2[C@@H](CS[C@@H]2CCCCC(=O)OC(=O)Cl)N1. The van der Waals surface area contributed by atoms with Gasteiger partial charge in [0.05, 0.1) is 12.1 Å². The van der Waals surface area contributed by atoms with Crippen LogP contribution >= 0.6 is 23.4 Å². The summed E-state index contributed by atoms with van der Waals surface area (Å²) < 4.78 is 4.22. The molecule has 19 heavy (non-hydrogen) atoms. The predicted octanol–water partition coefficient (Wildman–Crippen LogP) is 1.61. The van der Waals surface area contributed by atoms with Gasteiger partial charge in [-0.2, -0.15) is 11.8 Å². The first kappa shape index (κ1) is 14.5. The number of amides is 2. The van der Waals surface area contributed by atoms with E-state index in [1.165, 1.54) is 0 Å². The molecule has 106 valence electrons. The van der Waals surface area contributed by atoms with Crippen molar-refractivity contribution in [3.05, 3.63) is 0 Å². The number of carbonyl (C=O) groups is 3. The topological polar surface area (TPSA) is 84.5 Å². The van der Waals surface area contributed by atoms with Crippen molar-refractivity contribution >= 4 is 40.8 Å². The quantitative estimate of drug-likeness (QED) is 0.265. The molecule has 0 aromatic heterocycles. The summed E-state index contributed by atoms with van der Waals surface area (Å²) in [5, 5.41) is 6.18. The van der Waals surface area contributed by atoms with E-state index >= 15 is 0 Å². The molecule has 6 nitrogen and oxygen atoms in total. The van der Waals surface area contributed by atoms with Gasteiger partial charge in [-0.15, -0.1) is 0 Å². The molecule has 2 amide bonds. The Bertz CT molecular complexity index is 393. The third-order valence-electron chi connectivity index (χ3n) is 3.25. The van der Waals surface area contributed by atoms with Crippen LogP contribution in [-0.2, 0) is 9.53 Å². The van der Waals surface area contributed by atoms with Gasteiger partial charge in [0.25, 0.3) is 0 Å². The Kier molecular flexibility index (Phi) is 4.93. The molecule has 0 bridgehead atoms. The first-order chi connectivity index (χ1) is 9.06. The van der Waals surface area contributed by atoms with E-state index in [1.807, 2.05) is 11.8 Å². The molecule has 2 aliphatic rings. The van der Waals surface area contributed by atoms with Crippen molar-refractivity contribution < 1.29 is 19.1 Å². The van der Waals surface area contributed by atoms with Crippen LogP contribution in [0.5, 0.6) is 0 Å². The van der Waals surface area contributed by atoms with Crippen molar-refractivity contribution in [1.29, 1.82) is 0 Å². The van der Waals surface area contributed by atoms with Crippen LogP contribution in [0.3, 0.4) is 0 Å². The number of fused-ring (bicyclic) bond motifs is 1. The van der Waals surface area contributed by atoms with Crippen LogP contribution in [0.15, 0.2) is 0 Å². The molecular formula is C11H15ClN2O4S. The summed E-state index contributed by atoms with van der Waals surface area (Å²) in [7, 11) is 0. The molecule has 0 aliphatic carbocycles. The van der Waals surface area contributed by atoms with Crippen LogP contribution in [0, 0.1) is 0 Å². The Balaban J connectivity index is 1.63. The van der Waals surface area contributed by atoms with Gasteiger partial charge < -0.3 is 15.4 Å². The number of unbranched alkanes of at least 4 members (excludes halogenated alkanes) is 1. The number of hydrogen-bond acceptors (Lipinski definition) is 5. The van der Waals surface area contributed by atoms with Gasteiger partial charge in [-0.25, -0.2) is 9.59 Å². The summed E-state index contributed by atoms with van der Waals surface area (Å²) >= 11 is 6.77. The smallest absolute Gasteiger partial charge is 0.381 e. The lowest BCUT2D eigenvalue weighted by Gasteiger charge is -2.16.